The predicted molar refractivity (Wildman–Crippen MR) is 77.6 cm³/mol. The number of carbonyl (C=O) groups is 1. The molecular weight excluding hydrogens is 302 g/mol. The fraction of sp³-hybridized carbons (Fsp3) is 0.462. The molecule has 0 aromatic heterocycles. The van der Waals surface area contributed by atoms with Crippen LogP contribution in [0.5, 0.6) is 0 Å². The number of thioether (sulfide) groups is 1. The molecular formula is C13H16F2N2O3S. The van der Waals surface area contributed by atoms with Crippen LogP contribution in [0.4, 0.5) is 14.5 Å². The molecule has 0 aliphatic carbocycles. The van der Waals surface area contributed by atoms with Crippen LogP contribution in [-0.2, 0) is 0 Å². The van der Waals surface area contributed by atoms with Gasteiger partial charge in [-0.2, -0.15) is 16.2 Å². The summed E-state index contributed by atoms with van der Waals surface area (Å²) in [6.07, 6.45) is 4.64. The van der Waals surface area contributed by atoms with Gasteiger partial charge in [0.25, 0.3) is 5.91 Å². The van der Waals surface area contributed by atoms with E-state index < -0.39 is 33.7 Å². The van der Waals surface area contributed by atoms with Gasteiger partial charge in [-0.3, -0.25) is 14.9 Å². The summed E-state index contributed by atoms with van der Waals surface area (Å²) in [4.78, 5) is 21.3. The van der Waals surface area contributed by atoms with Gasteiger partial charge in [-0.25, -0.2) is 4.39 Å². The molecule has 0 unspecified atom stereocenters. The fourth-order valence-electron chi connectivity index (χ4n) is 1.72. The molecule has 0 aliphatic rings. The highest BCUT2D eigenvalue weighted by molar-refractivity contribution is 7.98. The van der Waals surface area contributed by atoms with Crippen molar-refractivity contribution in [3.63, 3.8) is 0 Å². The van der Waals surface area contributed by atoms with Crippen molar-refractivity contribution in [1.29, 1.82) is 0 Å². The van der Waals surface area contributed by atoms with Crippen molar-refractivity contribution in [1.82, 2.24) is 5.32 Å². The number of nitro benzene ring substituents is 1. The maximum absolute atomic E-state index is 13.8. The Labute approximate surface area is 125 Å². The first-order valence-electron chi connectivity index (χ1n) is 6.38. The molecule has 0 aliphatic heterocycles. The maximum Gasteiger partial charge on any atom is 0.308 e. The molecule has 5 nitrogen and oxygen atoms in total. The van der Waals surface area contributed by atoms with Gasteiger partial charge in [0.1, 0.15) is 5.82 Å². The highest BCUT2D eigenvalue weighted by Gasteiger charge is 2.23. The average molecular weight is 318 g/mol. The number of nitro groups is 1. The van der Waals surface area contributed by atoms with Gasteiger partial charge >= 0.3 is 5.69 Å². The van der Waals surface area contributed by atoms with Crippen LogP contribution in [0.3, 0.4) is 0 Å². The zero-order chi connectivity index (χ0) is 15.8. The summed E-state index contributed by atoms with van der Waals surface area (Å²) in [5.41, 5.74) is -1.69. The Bertz CT molecular complexity index is 526. The molecule has 0 atom stereocenters. The van der Waals surface area contributed by atoms with E-state index in [-0.39, 0.29) is 0 Å². The van der Waals surface area contributed by atoms with Crippen molar-refractivity contribution in [2.24, 2.45) is 0 Å². The van der Waals surface area contributed by atoms with Gasteiger partial charge in [-0.05, 0) is 30.9 Å². The van der Waals surface area contributed by atoms with E-state index in [1.165, 1.54) is 0 Å². The lowest BCUT2D eigenvalue weighted by Gasteiger charge is -2.06. The van der Waals surface area contributed by atoms with Gasteiger partial charge in [0.05, 0.1) is 16.6 Å². The van der Waals surface area contributed by atoms with E-state index in [9.17, 15) is 23.7 Å². The van der Waals surface area contributed by atoms with Gasteiger partial charge < -0.3 is 5.32 Å². The zero-order valence-electron chi connectivity index (χ0n) is 11.5. The first kappa shape index (κ1) is 17.4. The van der Waals surface area contributed by atoms with Crippen LogP contribution in [-0.4, -0.2) is 29.4 Å². The van der Waals surface area contributed by atoms with Crippen LogP contribution in [0.1, 0.15) is 29.6 Å². The minimum atomic E-state index is -1.32. The smallest absolute Gasteiger partial charge is 0.308 e. The van der Waals surface area contributed by atoms with Crippen LogP contribution in [0, 0.1) is 21.7 Å². The number of unbranched alkanes of at least 4 members (excludes halogenated alkanes) is 2. The number of hydrogen-bond donors (Lipinski definition) is 1. The second-order valence-electron chi connectivity index (χ2n) is 4.35. The molecule has 0 heterocycles. The van der Waals surface area contributed by atoms with Crippen molar-refractivity contribution in [2.75, 3.05) is 18.6 Å². The number of amides is 1. The largest absolute Gasteiger partial charge is 0.352 e. The molecule has 21 heavy (non-hydrogen) atoms. The molecule has 0 fully saturated rings. The van der Waals surface area contributed by atoms with Crippen molar-refractivity contribution < 1.29 is 18.5 Å². The summed E-state index contributed by atoms with van der Waals surface area (Å²) < 4.78 is 27.0. The average Bonchev–Trinajstić information content (AvgIpc) is 2.44. The molecule has 1 aromatic carbocycles. The number of nitrogens with one attached hydrogen (secondary N) is 1. The third-order valence-electron chi connectivity index (χ3n) is 2.77. The molecule has 8 heteroatoms. The quantitative estimate of drug-likeness (QED) is 0.454. The Morgan fingerprint density at radius 1 is 1.33 bits per heavy atom. The lowest BCUT2D eigenvalue weighted by molar-refractivity contribution is -0.387. The standard InChI is InChI=1S/C13H16F2N2O3S/c1-21-6-4-2-3-5-16-13(18)10-7-9(14)8-11(12(10)15)17(19)20/h7-8H,2-6H2,1H3,(H,16,18). The summed E-state index contributed by atoms with van der Waals surface area (Å²) in [7, 11) is 0. The van der Waals surface area contributed by atoms with Gasteiger partial charge in [0.2, 0.25) is 5.82 Å². The molecule has 116 valence electrons. The van der Waals surface area contributed by atoms with Crippen LogP contribution in [0.2, 0.25) is 0 Å². The maximum atomic E-state index is 13.8. The molecule has 0 spiro atoms. The van der Waals surface area contributed by atoms with Crippen LogP contribution >= 0.6 is 11.8 Å². The molecule has 1 rings (SSSR count). The topological polar surface area (TPSA) is 72.2 Å². The van der Waals surface area contributed by atoms with E-state index in [0.717, 1.165) is 18.6 Å². The Hall–Kier alpha value is -1.70. The highest BCUT2D eigenvalue weighted by atomic mass is 32.2. The summed E-state index contributed by atoms with van der Waals surface area (Å²) in [5, 5.41) is 13.0. The Kier molecular flexibility index (Phi) is 7.07. The highest BCUT2D eigenvalue weighted by Crippen LogP contribution is 2.22. The van der Waals surface area contributed by atoms with Crippen molar-refractivity contribution in [3.8, 4) is 0 Å². The second kappa shape index (κ2) is 8.56. The molecule has 1 aromatic rings. The third-order valence-corrected chi connectivity index (χ3v) is 3.47. The molecule has 0 bridgehead atoms. The van der Waals surface area contributed by atoms with Crippen LogP contribution < -0.4 is 5.32 Å². The van der Waals surface area contributed by atoms with Crippen LogP contribution in [0.25, 0.3) is 0 Å². The van der Waals surface area contributed by atoms with E-state index in [1.54, 1.807) is 11.8 Å². The van der Waals surface area contributed by atoms with E-state index in [4.69, 9.17) is 0 Å². The first-order valence-corrected chi connectivity index (χ1v) is 7.77. The van der Waals surface area contributed by atoms with Gasteiger partial charge in [-0.1, -0.05) is 6.42 Å². The number of nitrogens with zero attached hydrogens (tertiary/aromatic N) is 1. The van der Waals surface area contributed by atoms with E-state index in [1.807, 2.05) is 6.26 Å². The molecule has 0 saturated carbocycles. The fourth-order valence-corrected chi connectivity index (χ4v) is 2.21. The van der Waals surface area contributed by atoms with E-state index in [0.29, 0.717) is 25.1 Å². The van der Waals surface area contributed by atoms with Crippen molar-refractivity contribution >= 4 is 23.4 Å². The zero-order valence-corrected chi connectivity index (χ0v) is 12.3. The number of halogens is 2. The second-order valence-corrected chi connectivity index (χ2v) is 5.34. The Balaban J connectivity index is 2.64. The van der Waals surface area contributed by atoms with Gasteiger partial charge in [0, 0.05) is 6.54 Å². The van der Waals surface area contributed by atoms with Crippen molar-refractivity contribution in [2.45, 2.75) is 19.3 Å². The normalized spacial score (nSPS) is 10.4. The van der Waals surface area contributed by atoms with E-state index >= 15 is 0 Å². The third kappa shape index (κ3) is 5.30. The monoisotopic (exact) mass is 318 g/mol. The van der Waals surface area contributed by atoms with Gasteiger partial charge in [0.15, 0.2) is 0 Å². The Morgan fingerprint density at radius 2 is 2.05 bits per heavy atom. The minimum absolute atomic E-state index is 0.316. The summed E-state index contributed by atoms with van der Waals surface area (Å²) in [6, 6.07) is 1.11. The molecule has 0 saturated heterocycles. The summed E-state index contributed by atoms with van der Waals surface area (Å²) in [6.45, 7) is 0.316. The number of carbonyl (C=O) groups excluding carboxylic acids is 1. The minimum Gasteiger partial charge on any atom is -0.352 e. The van der Waals surface area contributed by atoms with Gasteiger partial charge in [-0.15, -0.1) is 0 Å². The lowest BCUT2D eigenvalue weighted by Crippen LogP contribution is -2.25. The summed E-state index contributed by atoms with van der Waals surface area (Å²) >= 11 is 1.73. The molecule has 1 N–H and O–H groups in total. The van der Waals surface area contributed by atoms with Crippen LogP contribution in [0.15, 0.2) is 12.1 Å². The predicted octanol–water partition coefficient (Wildman–Crippen LogP) is 3.14. The van der Waals surface area contributed by atoms with Crippen molar-refractivity contribution in [3.05, 3.63) is 39.4 Å². The first-order chi connectivity index (χ1) is 9.97. The van der Waals surface area contributed by atoms with E-state index in [2.05, 4.69) is 5.32 Å². The molecule has 1 amide bonds. The number of hydrogen-bond acceptors (Lipinski definition) is 4. The Morgan fingerprint density at radius 3 is 2.67 bits per heavy atom. The number of rotatable bonds is 8. The SMILES string of the molecule is CSCCCCCNC(=O)c1cc(F)cc([N+](=O)[O-])c1F. The number of benzene rings is 1. The molecule has 0 radical (unpaired) electrons. The lowest BCUT2D eigenvalue weighted by atomic mass is 10.1. The summed E-state index contributed by atoms with van der Waals surface area (Å²) in [5.74, 6) is -2.16.